The molecule has 0 radical (unpaired) electrons. The van der Waals surface area contributed by atoms with Gasteiger partial charge in [0.15, 0.2) is 6.61 Å². The summed E-state index contributed by atoms with van der Waals surface area (Å²) in [5.41, 5.74) is -0.124. The van der Waals surface area contributed by atoms with Gasteiger partial charge in [-0.25, -0.2) is 23.1 Å². The lowest BCUT2D eigenvalue weighted by atomic mass is 10.2. The van der Waals surface area contributed by atoms with E-state index in [9.17, 15) is 22.8 Å². The number of nitrogens with two attached hydrogens (primary N) is 1. The van der Waals surface area contributed by atoms with Gasteiger partial charge in [0, 0.05) is 10.5 Å². The summed E-state index contributed by atoms with van der Waals surface area (Å²) in [6, 6.07) is 2.65. The van der Waals surface area contributed by atoms with E-state index >= 15 is 0 Å². The van der Waals surface area contributed by atoms with Crippen LogP contribution in [0.1, 0.15) is 24.2 Å². The summed E-state index contributed by atoms with van der Waals surface area (Å²) in [6.45, 7) is 2.70. The van der Waals surface area contributed by atoms with Crippen molar-refractivity contribution in [2.24, 2.45) is 5.14 Å². The van der Waals surface area contributed by atoms with Gasteiger partial charge in [0.2, 0.25) is 10.0 Å². The summed E-state index contributed by atoms with van der Waals surface area (Å²) in [6.07, 6.45) is 0. The number of nitrogens with one attached hydrogen (secondary N) is 2. The van der Waals surface area contributed by atoms with Gasteiger partial charge in [-0.2, -0.15) is 0 Å². The Morgan fingerprint density at radius 3 is 2.46 bits per heavy atom. The van der Waals surface area contributed by atoms with Crippen LogP contribution in [0.3, 0.4) is 0 Å². The highest BCUT2D eigenvalue weighted by Crippen LogP contribution is 2.21. The Morgan fingerprint density at radius 1 is 1.29 bits per heavy atom. The first-order valence-electron chi connectivity index (χ1n) is 6.60. The molecular formula is C13H16BrN3O6S. The number of urea groups is 1. The molecule has 0 heterocycles. The second-order valence-corrected chi connectivity index (χ2v) is 7.35. The van der Waals surface area contributed by atoms with Gasteiger partial charge in [0.1, 0.15) is 0 Å². The Balaban J connectivity index is 2.72. The average molecular weight is 422 g/mol. The normalized spacial score (nSPS) is 11.0. The molecule has 3 amide bonds. The first-order chi connectivity index (χ1) is 11.0. The van der Waals surface area contributed by atoms with Gasteiger partial charge in [0.05, 0.1) is 10.5 Å². The Morgan fingerprint density at radius 2 is 1.92 bits per heavy atom. The number of amides is 3. The fourth-order valence-electron chi connectivity index (χ4n) is 1.51. The van der Waals surface area contributed by atoms with E-state index in [4.69, 9.17) is 9.88 Å². The van der Waals surface area contributed by atoms with Crippen LogP contribution in [0.5, 0.6) is 0 Å². The van der Waals surface area contributed by atoms with Crippen molar-refractivity contribution in [2.45, 2.75) is 24.8 Å². The number of sulfonamides is 1. The summed E-state index contributed by atoms with van der Waals surface area (Å²) >= 11 is 3.07. The molecule has 24 heavy (non-hydrogen) atoms. The summed E-state index contributed by atoms with van der Waals surface area (Å²) in [5.74, 6) is -1.79. The van der Waals surface area contributed by atoms with Gasteiger partial charge in [0.25, 0.3) is 5.91 Å². The summed E-state index contributed by atoms with van der Waals surface area (Å²) in [7, 11) is -4.00. The summed E-state index contributed by atoms with van der Waals surface area (Å²) < 4.78 is 27.6. The van der Waals surface area contributed by atoms with Crippen LogP contribution in [0.25, 0.3) is 0 Å². The van der Waals surface area contributed by atoms with Gasteiger partial charge in [-0.3, -0.25) is 10.1 Å². The first-order valence-corrected chi connectivity index (χ1v) is 8.94. The Kier molecular flexibility index (Phi) is 6.87. The number of primary sulfonamides is 1. The lowest BCUT2D eigenvalue weighted by molar-refractivity contribution is -0.123. The molecule has 0 aliphatic heterocycles. The molecule has 9 nitrogen and oxygen atoms in total. The Labute approximate surface area is 147 Å². The molecule has 4 N–H and O–H groups in total. The minimum Gasteiger partial charge on any atom is -0.452 e. The van der Waals surface area contributed by atoms with Crippen molar-refractivity contribution in [3.63, 3.8) is 0 Å². The van der Waals surface area contributed by atoms with Crippen molar-refractivity contribution >= 4 is 43.9 Å². The Bertz CT molecular complexity index is 763. The number of carbonyl (C=O) groups is 3. The highest BCUT2D eigenvalue weighted by atomic mass is 79.9. The molecule has 0 aromatic heterocycles. The van der Waals surface area contributed by atoms with Crippen LogP contribution in [0, 0.1) is 0 Å². The maximum absolute atomic E-state index is 11.9. The zero-order valence-electron chi connectivity index (χ0n) is 12.8. The molecule has 0 saturated heterocycles. The van der Waals surface area contributed by atoms with Crippen LogP contribution in [0.2, 0.25) is 0 Å². The van der Waals surface area contributed by atoms with Gasteiger partial charge in [-0.1, -0.05) is 0 Å². The molecule has 1 aromatic carbocycles. The van der Waals surface area contributed by atoms with Crippen LogP contribution < -0.4 is 15.8 Å². The molecule has 0 saturated carbocycles. The second kappa shape index (κ2) is 8.22. The van der Waals surface area contributed by atoms with Crippen molar-refractivity contribution in [2.75, 3.05) is 6.61 Å². The fraction of sp³-hybridized carbons (Fsp3) is 0.308. The van der Waals surface area contributed by atoms with E-state index in [1.54, 1.807) is 13.8 Å². The van der Waals surface area contributed by atoms with Gasteiger partial charge < -0.3 is 10.1 Å². The van der Waals surface area contributed by atoms with Gasteiger partial charge >= 0.3 is 12.0 Å². The van der Waals surface area contributed by atoms with Crippen molar-refractivity contribution < 1.29 is 27.5 Å². The zero-order valence-corrected chi connectivity index (χ0v) is 15.2. The molecule has 1 rings (SSSR count). The fourth-order valence-corrected chi connectivity index (χ4v) is 2.46. The van der Waals surface area contributed by atoms with E-state index in [1.807, 2.05) is 5.32 Å². The van der Waals surface area contributed by atoms with Crippen LogP contribution >= 0.6 is 15.9 Å². The number of halogens is 1. The van der Waals surface area contributed by atoms with Crippen LogP contribution in [0.4, 0.5) is 4.79 Å². The number of esters is 1. The van der Waals surface area contributed by atoms with E-state index in [2.05, 4.69) is 21.2 Å². The number of hydrogen-bond acceptors (Lipinski definition) is 6. The van der Waals surface area contributed by atoms with Gasteiger partial charge in [-0.05, 0) is 48.0 Å². The topological polar surface area (TPSA) is 145 Å². The van der Waals surface area contributed by atoms with Crippen molar-refractivity contribution in [3.8, 4) is 0 Å². The summed E-state index contributed by atoms with van der Waals surface area (Å²) in [5, 5.41) is 9.39. The van der Waals surface area contributed by atoms with E-state index in [0.717, 1.165) is 6.07 Å². The van der Waals surface area contributed by atoms with E-state index in [1.165, 1.54) is 12.1 Å². The van der Waals surface area contributed by atoms with Crippen molar-refractivity contribution in [1.29, 1.82) is 0 Å². The van der Waals surface area contributed by atoms with Crippen LogP contribution in [-0.2, 0) is 19.6 Å². The largest absolute Gasteiger partial charge is 0.452 e. The Hall–Kier alpha value is -1.98. The number of imide groups is 1. The average Bonchev–Trinajstić information content (AvgIpc) is 2.42. The minimum absolute atomic E-state index is 0.124. The minimum atomic E-state index is -4.00. The van der Waals surface area contributed by atoms with E-state index in [-0.39, 0.29) is 21.0 Å². The molecule has 0 aliphatic rings. The van der Waals surface area contributed by atoms with E-state index < -0.39 is 34.5 Å². The predicted molar refractivity (Wildman–Crippen MR) is 87.6 cm³/mol. The molecule has 0 atom stereocenters. The second-order valence-electron chi connectivity index (χ2n) is 4.94. The lowest BCUT2D eigenvalue weighted by Gasteiger charge is -2.10. The predicted octanol–water partition coefficient (Wildman–Crippen LogP) is 0.488. The summed E-state index contributed by atoms with van der Waals surface area (Å²) in [4.78, 5) is 34.5. The standard InChI is InChI=1S/C13H16BrN3O6S/c1-7(2)16-13(20)17-11(18)6-23-12(19)9-5-8(24(15,21)22)3-4-10(9)14/h3-5,7H,6H2,1-2H3,(H2,15,21,22)(H2,16,17,18,20). The number of rotatable bonds is 5. The monoisotopic (exact) mass is 421 g/mol. The third-order valence-corrected chi connectivity index (χ3v) is 4.10. The third-order valence-electron chi connectivity index (χ3n) is 2.49. The number of ether oxygens (including phenoxy) is 1. The SMILES string of the molecule is CC(C)NC(=O)NC(=O)COC(=O)c1cc(S(N)(=O)=O)ccc1Br. The number of benzene rings is 1. The molecule has 0 aliphatic carbocycles. The smallest absolute Gasteiger partial charge is 0.339 e. The molecule has 132 valence electrons. The highest BCUT2D eigenvalue weighted by Gasteiger charge is 2.18. The quantitative estimate of drug-likeness (QED) is 0.589. The zero-order chi connectivity index (χ0) is 18.5. The molecule has 0 bridgehead atoms. The maximum atomic E-state index is 11.9. The third kappa shape index (κ3) is 6.26. The van der Waals surface area contributed by atoms with Crippen molar-refractivity contribution in [3.05, 3.63) is 28.2 Å². The molecule has 11 heteroatoms. The van der Waals surface area contributed by atoms with E-state index in [0.29, 0.717) is 0 Å². The lowest BCUT2D eigenvalue weighted by Crippen LogP contribution is -2.44. The molecule has 0 fully saturated rings. The first kappa shape index (κ1) is 20.1. The van der Waals surface area contributed by atoms with Crippen LogP contribution in [-0.4, -0.2) is 39.0 Å². The van der Waals surface area contributed by atoms with Crippen LogP contribution in [0.15, 0.2) is 27.6 Å². The number of carbonyl (C=O) groups excluding carboxylic acids is 3. The highest BCUT2D eigenvalue weighted by molar-refractivity contribution is 9.10. The molecule has 0 unspecified atom stereocenters. The molecule has 0 spiro atoms. The maximum Gasteiger partial charge on any atom is 0.339 e. The van der Waals surface area contributed by atoms with Crippen molar-refractivity contribution in [1.82, 2.24) is 10.6 Å². The van der Waals surface area contributed by atoms with Gasteiger partial charge in [-0.15, -0.1) is 0 Å². The molecular weight excluding hydrogens is 406 g/mol. The number of hydrogen-bond donors (Lipinski definition) is 3. The molecule has 1 aromatic rings.